The maximum absolute atomic E-state index is 13.1. The molecule has 1 N–H and O–H groups in total. The van der Waals surface area contributed by atoms with Crippen LogP contribution in [0.3, 0.4) is 0 Å². The summed E-state index contributed by atoms with van der Waals surface area (Å²) < 4.78 is 6.41. The third kappa shape index (κ3) is 7.79. The number of aliphatic carboxylic acids is 1. The number of carbonyl (C=O) groups excluding carboxylic acids is 1. The zero-order valence-corrected chi connectivity index (χ0v) is 21.7. The van der Waals surface area contributed by atoms with E-state index in [-0.39, 0.29) is 24.5 Å². The van der Waals surface area contributed by atoms with Gasteiger partial charge in [0.1, 0.15) is 0 Å². The Morgan fingerprint density at radius 1 is 0.972 bits per heavy atom. The zero-order valence-electron chi connectivity index (χ0n) is 20.9. The van der Waals surface area contributed by atoms with Gasteiger partial charge in [0.2, 0.25) is 0 Å². The number of ketones is 1. The molecule has 36 heavy (non-hydrogen) atoms. The van der Waals surface area contributed by atoms with Crippen LogP contribution in [0.25, 0.3) is 0 Å². The summed E-state index contributed by atoms with van der Waals surface area (Å²) in [7, 11) is 0. The van der Waals surface area contributed by atoms with E-state index in [1.165, 1.54) is 11.1 Å². The van der Waals surface area contributed by atoms with E-state index in [2.05, 4.69) is 59.5 Å². The molecule has 6 heteroatoms. The van der Waals surface area contributed by atoms with Gasteiger partial charge in [0.25, 0.3) is 0 Å². The lowest BCUT2D eigenvalue weighted by atomic mass is 9.93. The highest BCUT2D eigenvalue weighted by atomic mass is 32.2. The predicted octanol–water partition coefficient (Wildman–Crippen LogP) is 5.37. The first kappa shape index (κ1) is 26.6. The molecule has 192 valence electrons. The van der Waals surface area contributed by atoms with Gasteiger partial charge < -0.3 is 9.84 Å². The number of carbonyl (C=O) groups is 2. The van der Waals surface area contributed by atoms with Gasteiger partial charge in [-0.25, -0.2) is 0 Å². The number of carboxylic acid groups (broad SMARTS) is 1. The Kier molecular flexibility index (Phi) is 10.2. The molecule has 0 bridgehead atoms. The molecule has 0 amide bonds. The highest BCUT2D eigenvalue weighted by Crippen LogP contribution is 2.35. The Morgan fingerprint density at radius 2 is 1.64 bits per heavy atom. The minimum atomic E-state index is -0.773. The quantitative estimate of drug-likeness (QED) is 0.390. The van der Waals surface area contributed by atoms with Crippen molar-refractivity contribution in [3.05, 3.63) is 83.4 Å². The van der Waals surface area contributed by atoms with Crippen molar-refractivity contribution < 1.29 is 19.4 Å². The highest BCUT2D eigenvalue weighted by Gasteiger charge is 2.45. The Hall–Kier alpha value is -2.41. The number of hydrogen-bond donors (Lipinski definition) is 1. The number of thioether (sulfide) groups is 1. The second kappa shape index (κ2) is 13.8. The number of nitrogens with zero attached hydrogens (tertiary/aromatic N) is 1. The van der Waals surface area contributed by atoms with Crippen molar-refractivity contribution in [3.63, 3.8) is 0 Å². The SMILES string of the molecule is O=C(O)CCC=CCC[C@H]1[C@@H](OCc2ccc(Cc3ccccc3)cc2)CC(=O)[C@@H]1N1CCSCC1. The monoisotopic (exact) mass is 507 g/mol. The molecule has 2 fully saturated rings. The number of allylic oxidation sites excluding steroid dienone is 2. The summed E-state index contributed by atoms with van der Waals surface area (Å²) in [6.45, 7) is 2.43. The summed E-state index contributed by atoms with van der Waals surface area (Å²) in [6, 6.07) is 19.0. The van der Waals surface area contributed by atoms with Crippen molar-refractivity contribution in [1.29, 1.82) is 0 Å². The summed E-state index contributed by atoms with van der Waals surface area (Å²) >= 11 is 1.96. The summed E-state index contributed by atoms with van der Waals surface area (Å²) in [5.74, 6) is 1.86. The molecule has 1 heterocycles. The fourth-order valence-corrected chi connectivity index (χ4v) is 6.22. The molecule has 1 aliphatic heterocycles. The largest absolute Gasteiger partial charge is 0.481 e. The summed E-state index contributed by atoms with van der Waals surface area (Å²) in [4.78, 5) is 26.2. The van der Waals surface area contributed by atoms with Crippen molar-refractivity contribution >= 4 is 23.5 Å². The fraction of sp³-hybridized carbons (Fsp3) is 0.467. The van der Waals surface area contributed by atoms with Crippen molar-refractivity contribution in [2.24, 2.45) is 5.92 Å². The Bertz CT molecular complexity index is 1000. The smallest absolute Gasteiger partial charge is 0.303 e. The van der Waals surface area contributed by atoms with Gasteiger partial charge in [0.15, 0.2) is 5.78 Å². The lowest BCUT2D eigenvalue weighted by Crippen LogP contribution is -2.47. The molecule has 5 nitrogen and oxygen atoms in total. The van der Waals surface area contributed by atoms with Crippen LogP contribution < -0.4 is 0 Å². The standard InChI is InChI=1S/C30H37NO4S/c32-27-21-28(35-22-25-14-12-24(13-15-25)20-23-8-4-3-5-9-23)26(10-6-1-2-7-11-29(33)34)30(27)31-16-18-36-19-17-31/h1-5,8-9,12-15,26,28,30H,6-7,10-11,16-22H2,(H,33,34)/t26-,28-,30+/m0/s1. The van der Waals surface area contributed by atoms with Gasteiger partial charge in [0, 0.05) is 43.4 Å². The van der Waals surface area contributed by atoms with Crippen LogP contribution in [0, 0.1) is 5.92 Å². The van der Waals surface area contributed by atoms with Crippen LogP contribution in [0.15, 0.2) is 66.7 Å². The number of rotatable bonds is 12. The van der Waals surface area contributed by atoms with Gasteiger partial charge in [-0.1, -0.05) is 66.7 Å². The van der Waals surface area contributed by atoms with Crippen molar-refractivity contribution in [2.45, 2.75) is 57.3 Å². The van der Waals surface area contributed by atoms with Crippen LogP contribution in [-0.2, 0) is 27.4 Å². The second-order valence-electron chi connectivity index (χ2n) is 9.74. The minimum Gasteiger partial charge on any atom is -0.481 e. The van der Waals surface area contributed by atoms with E-state index in [9.17, 15) is 9.59 Å². The number of carboxylic acids is 1. The molecule has 0 radical (unpaired) electrons. The molecule has 3 atom stereocenters. The number of benzene rings is 2. The molecule has 0 spiro atoms. The van der Waals surface area contributed by atoms with E-state index in [0.29, 0.717) is 25.2 Å². The van der Waals surface area contributed by atoms with Gasteiger partial charge in [-0.15, -0.1) is 0 Å². The first-order valence-electron chi connectivity index (χ1n) is 13.0. The minimum absolute atomic E-state index is 0.0587. The average Bonchev–Trinajstić information content (AvgIpc) is 3.21. The van der Waals surface area contributed by atoms with Crippen LogP contribution >= 0.6 is 11.8 Å². The summed E-state index contributed by atoms with van der Waals surface area (Å²) in [5, 5.41) is 8.82. The molecule has 4 rings (SSSR count). The van der Waals surface area contributed by atoms with E-state index in [1.807, 2.05) is 23.9 Å². The molecular weight excluding hydrogens is 470 g/mol. The molecule has 2 aromatic carbocycles. The van der Waals surface area contributed by atoms with E-state index >= 15 is 0 Å². The average molecular weight is 508 g/mol. The van der Waals surface area contributed by atoms with Crippen LogP contribution in [0.5, 0.6) is 0 Å². The molecule has 1 saturated carbocycles. The molecular formula is C30H37NO4S. The van der Waals surface area contributed by atoms with Crippen LogP contribution in [-0.4, -0.2) is 58.5 Å². The molecule has 1 saturated heterocycles. The van der Waals surface area contributed by atoms with Gasteiger partial charge in [-0.05, 0) is 42.4 Å². The normalized spacial score (nSPS) is 22.9. The maximum Gasteiger partial charge on any atom is 0.303 e. The first-order chi connectivity index (χ1) is 17.6. The second-order valence-corrected chi connectivity index (χ2v) is 11.0. The Morgan fingerprint density at radius 3 is 2.36 bits per heavy atom. The van der Waals surface area contributed by atoms with Crippen LogP contribution in [0.4, 0.5) is 0 Å². The van der Waals surface area contributed by atoms with Crippen molar-refractivity contribution in [2.75, 3.05) is 24.6 Å². The van der Waals surface area contributed by atoms with Gasteiger partial charge in [-0.2, -0.15) is 11.8 Å². The van der Waals surface area contributed by atoms with E-state index < -0.39 is 5.97 Å². The van der Waals surface area contributed by atoms with Crippen molar-refractivity contribution in [3.8, 4) is 0 Å². The first-order valence-corrected chi connectivity index (χ1v) is 14.2. The maximum atomic E-state index is 13.1. The van der Waals surface area contributed by atoms with E-state index in [1.54, 1.807) is 0 Å². The molecule has 0 aromatic heterocycles. The van der Waals surface area contributed by atoms with Crippen LogP contribution in [0.2, 0.25) is 0 Å². The third-order valence-corrected chi connectivity index (χ3v) is 8.09. The fourth-order valence-electron chi connectivity index (χ4n) is 5.29. The Balaban J connectivity index is 1.35. The highest BCUT2D eigenvalue weighted by molar-refractivity contribution is 7.99. The lowest BCUT2D eigenvalue weighted by Gasteiger charge is -2.35. The van der Waals surface area contributed by atoms with Gasteiger partial charge in [0.05, 0.1) is 18.8 Å². The molecule has 1 aliphatic carbocycles. The van der Waals surface area contributed by atoms with Crippen LogP contribution in [0.1, 0.15) is 48.8 Å². The number of ether oxygens (including phenoxy) is 1. The predicted molar refractivity (Wildman–Crippen MR) is 145 cm³/mol. The summed E-state index contributed by atoms with van der Waals surface area (Å²) in [6.07, 6.45) is 7.75. The van der Waals surface area contributed by atoms with Gasteiger partial charge in [-0.3, -0.25) is 14.5 Å². The summed E-state index contributed by atoms with van der Waals surface area (Å²) in [5.41, 5.74) is 3.70. The zero-order chi connectivity index (χ0) is 25.2. The molecule has 0 unspecified atom stereocenters. The third-order valence-electron chi connectivity index (χ3n) is 7.15. The molecule has 2 aromatic rings. The molecule has 2 aliphatic rings. The Labute approximate surface area is 218 Å². The lowest BCUT2D eigenvalue weighted by molar-refractivity contribution is -0.136. The number of Topliss-reactive ketones (excluding diaryl/α,β-unsaturated/α-hetero) is 1. The number of hydrogen-bond acceptors (Lipinski definition) is 5. The van der Waals surface area contributed by atoms with Gasteiger partial charge >= 0.3 is 5.97 Å². The van der Waals surface area contributed by atoms with E-state index in [4.69, 9.17) is 9.84 Å². The van der Waals surface area contributed by atoms with E-state index in [0.717, 1.165) is 49.4 Å². The van der Waals surface area contributed by atoms with Crippen molar-refractivity contribution in [1.82, 2.24) is 4.90 Å². The topological polar surface area (TPSA) is 66.8 Å².